The van der Waals surface area contributed by atoms with Crippen molar-refractivity contribution in [3.8, 4) is 0 Å². The van der Waals surface area contributed by atoms with Crippen LogP contribution in [0, 0.1) is 11.3 Å². The zero-order valence-corrected chi connectivity index (χ0v) is 16.4. The van der Waals surface area contributed by atoms with Crippen LogP contribution in [0.4, 0.5) is 0 Å². The van der Waals surface area contributed by atoms with Crippen molar-refractivity contribution in [1.29, 1.82) is 0 Å². The van der Waals surface area contributed by atoms with Crippen molar-refractivity contribution in [3.63, 3.8) is 0 Å². The number of hydrogen-bond donors (Lipinski definition) is 1. The molecule has 1 amide bonds. The molecular weight excluding hydrogens is 314 g/mol. The maximum atomic E-state index is 13.1. The van der Waals surface area contributed by atoms with Crippen LogP contribution in [0.2, 0.25) is 0 Å². The summed E-state index contributed by atoms with van der Waals surface area (Å²) in [6, 6.07) is 0. The van der Waals surface area contributed by atoms with Gasteiger partial charge in [-0.05, 0) is 25.7 Å². The molecule has 2 unspecified atom stereocenters. The monoisotopic (exact) mass is 351 g/mol. The van der Waals surface area contributed by atoms with Crippen LogP contribution in [0.25, 0.3) is 0 Å². The fourth-order valence-corrected chi connectivity index (χ4v) is 4.95. The van der Waals surface area contributed by atoms with Crippen LogP contribution in [0.3, 0.4) is 0 Å². The van der Waals surface area contributed by atoms with Crippen molar-refractivity contribution in [2.75, 3.05) is 39.3 Å². The summed E-state index contributed by atoms with van der Waals surface area (Å²) in [4.78, 5) is 17.6. The third-order valence-electron chi connectivity index (χ3n) is 7.11. The molecule has 25 heavy (non-hydrogen) atoms. The van der Waals surface area contributed by atoms with Crippen LogP contribution in [0.15, 0.2) is 0 Å². The fraction of sp³-hybridized carbons (Fsp3) is 0.950. The summed E-state index contributed by atoms with van der Waals surface area (Å²) in [5.74, 6) is 1.00. The van der Waals surface area contributed by atoms with Crippen LogP contribution in [0.5, 0.6) is 0 Å². The number of piperazine rings is 1. The van der Waals surface area contributed by atoms with Gasteiger partial charge in [-0.15, -0.1) is 0 Å². The summed E-state index contributed by atoms with van der Waals surface area (Å²) in [6.45, 7) is 11.7. The molecule has 1 aliphatic heterocycles. The fourth-order valence-electron chi connectivity index (χ4n) is 4.95. The normalized spacial score (nSPS) is 33.9. The van der Waals surface area contributed by atoms with Gasteiger partial charge >= 0.3 is 0 Å². The summed E-state index contributed by atoms with van der Waals surface area (Å²) in [5, 5.41) is 0. The van der Waals surface area contributed by atoms with E-state index in [0.717, 1.165) is 32.1 Å². The summed E-state index contributed by atoms with van der Waals surface area (Å²) in [6.07, 6.45) is 7.73. The highest BCUT2D eigenvalue weighted by Gasteiger charge is 2.63. The average Bonchev–Trinajstić information content (AvgIpc) is 2.62. The third kappa shape index (κ3) is 3.60. The second-order valence-electron chi connectivity index (χ2n) is 8.94. The number of hydrogen-bond acceptors (Lipinski definition) is 4. The van der Waals surface area contributed by atoms with E-state index in [1.165, 1.54) is 38.6 Å². The predicted octanol–water partition coefficient (Wildman–Crippen LogP) is 2.24. The number of carbonyl (C=O) groups excluding carboxylic acids is 1. The van der Waals surface area contributed by atoms with Crippen molar-refractivity contribution in [2.24, 2.45) is 17.1 Å². The standard InChI is InChI=1S/C20H37N3O2/c1-4-25-17-14-20(21,19(17,2)3)18(24)23-12-10-22(11-13-23)15-16-8-6-5-7-9-16/h16-17H,4-15,21H2,1-3H3. The van der Waals surface area contributed by atoms with Gasteiger partial charge in [-0.1, -0.05) is 33.1 Å². The van der Waals surface area contributed by atoms with E-state index in [0.29, 0.717) is 13.0 Å². The Morgan fingerprint density at radius 3 is 2.32 bits per heavy atom. The molecule has 3 aliphatic rings. The minimum absolute atomic E-state index is 0.0963. The lowest BCUT2D eigenvalue weighted by Crippen LogP contribution is -2.76. The van der Waals surface area contributed by atoms with E-state index in [1.807, 2.05) is 11.8 Å². The quantitative estimate of drug-likeness (QED) is 0.825. The molecule has 3 rings (SSSR count). The van der Waals surface area contributed by atoms with E-state index in [2.05, 4.69) is 18.7 Å². The summed E-state index contributed by atoms with van der Waals surface area (Å²) < 4.78 is 5.77. The molecule has 0 bridgehead atoms. The van der Waals surface area contributed by atoms with Crippen LogP contribution < -0.4 is 5.73 Å². The molecule has 2 saturated carbocycles. The Bertz CT molecular complexity index is 468. The van der Waals surface area contributed by atoms with Gasteiger partial charge in [-0.3, -0.25) is 9.69 Å². The number of rotatable bonds is 5. The molecule has 0 radical (unpaired) electrons. The van der Waals surface area contributed by atoms with Gasteiger partial charge in [0.2, 0.25) is 5.91 Å². The molecule has 0 spiro atoms. The van der Waals surface area contributed by atoms with Crippen LogP contribution in [-0.4, -0.2) is 66.7 Å². The predicted molar refractivity (Wildman–Crippen MR) is 100 cm³/mol. The summed E-state index contributed by atoms with van der Waals surface area (Å²) >= 11 is 0. The van der Waals surface area contributed by atoms with Gasteiger partial charge in [0, 0.05) is 51.2 Å². The van der Waals surface area contributed by atoms with E-state index in [-0.39, 0.29) is 17.4 Å². The zero-order valence-electron chi connectivity index (χ0n) is 16.4. The zero-order chi connectivity index (χ0) is 18.1. The SMILES string of the molecule is CCOC1CC(N)(C(=O)N2CCN(CC3CCCCC3)CC2)C1(C)C. The average molecular weight is 352 g/mol. The molecule has 2 aliphatic carbocycles. The molecule has 0 aromatic heterocycles. The van der Waals surface area contributed by atoms with E-state index in [9.17, 15) is 4.79 Å². The minimum Gasteiger partial charge on any atom is -0.378 e. The number of nitrogens with zero attached hydrogens (tertiary/aromatic N) is 2. The lowest BCUT2D eigenvalue weighted by atomic mass is 9.54. The number of ether oxygens (including phenoxy) is 1. The molecule has 2 N–H and O–H groups in total. The Labute approximate surface area is 153 Å². The Balaban J connectivity index is 1.50. The minimum atomic E-state index is -0.765. The first-order valence-electron chi connectivity index (χ1n) is 10.3. The second-order valence-corrected chi connectivity index (χ2v) is 8.94. The largest absolute Gasteiger partial charge is 0.378 e. The van der Waals surface area contributed by atoms with Crippen molar-refractivity contribution < 1.29 is 9.53 Å². The summed E-state index contributed by atoms with van der Waals surface area (Å²) in [5.41, 5.74) is 5.52. The molecule has 5 heteroatoms. The molecule has 144 valence electrons. The maximum Gasteiger partial charge on any atom is 0.243 e. The Hall–Kier alpha value is -0.650. The van der Waals surface area contributed by atoms with Gasteiger partial charge in [-0.25, -0.2) is 0 Å². The Morgan fingerprint density at radius 2 is 1.76 bits per heavy atom. The molecule has 0 aromatic carbocycles. The molecular formula is C20H37N3O2. The van der Waals surface area contributed by atoms with Gasteiger partial charge in [0.25, 0.3) is 0 Å². The topological polar surface area (TPSA) is 58.8 Å². The highest BCUT2D eigenvalue weighted by molar-refractivity contribution is 5.89. The van der Waals surface area contributed by atoms with Gasteiger partial charge in [-0.2, -0.15) is 0 Å². The first-order valence-corrected chi connectivity index (χ1v) is 10.3. The van der Waals surface area contributed by atoms with Crippen molar-refractivity contribution >= 4 is 5.91 Å². The van der Waals surface area contributed by atoms with Gasteiger partial charge < -0.3 is 15.4 Å². The second kappa shape index (κ2) is 7.53. The lowest BCUT2D eigenvalue weighted by molar-refractivity contribution is -0.180. The smallest absolute Gasteiger partial charge is 0.243 e. The molecule has 3 fully saturated rings. The number of nitrogens with two attached hydrogens (primary N) is 1. The molecule has 1 saturated heterocycles. The number of amides is 1. The van der Waals surface area contributed by atoms with E-state index < -0.39 is 5.54 Å². The summed E-state index contributed by atoms with van der Waals surface area (Å²) in [7, 11) is 0. The highest BCUT2D eigenvalue weighted by Crippen LogP contribution is 2.50. The van der Waals surface area contributed by atoms with Gasteiger partial charge in [0.05, 0.1) is 6.10 Å². The van der Waals surface area contributed by atoms with E-state index in [1.54, 1.807) is 0 Å². The Morgan fingerprint density at radius 1 is 1.12 bits per heavy atom. The van der Waals surface area contributed by atoms with E-state index >= 15 is 0 Å². The highest BCUT2D eigenvalue weighted by atomic mass is 16.5. The molecule has 2 atom stereocenters. The van der Waals surface area contributed by atoms with Gasteiger partial charge in [0.1, 0.15) is 5.54 Å². The molecule has 1 heterocycles. The van der Waals surface area contributed by atoms with Crippen molar-refractivity contribution in [1.82, 2.24) is 9.80 Å². The maximum absolute atomic E-state index is 13.1. The van der Waals surface area contributed by atoms with Gasteiger partial charge in [0.15, 0.2) is 0 Å². The lowest BCUT2D eigenvalue weighted by Gasteiger charge is -2.59. The molecule has 0 aromatic rings. The van der Waals surface area contributed by atoms with Crippen LogP contribution in [-0.2, 0) is 9.53 Å². The number of carbonyl (C=O) groups is 1. The van der Waals surface area contributed by atoms with Crippen LogP contribution >= 0.6 is 0 Å². The van der Waals surface area contributed by atoms with Crippen molar-refractivity contribution in [2.45, 2.75) is 70.9 Å². The van der Waals surface area contributed by atoms with Crippen molar-refractivity contribution in [3.05, 3.63) is 0 Å². The third-order valence-corrected chi connectivity index (χ3v) is 7.11. The first-order chi connectivity index (χ1) is 11.9. The van der Waals surface area contributed by atoms with Crippen LogP contribution in [0.1, 0.15) is 59.3 Å². The molecule has 5 nitrogen and oxygen atoms in total. The Kier molecular flexibility index (Phi) is 5.76. The van der Waals surface area contributed by atoms with E-state index in [4.69, 9.17) is 10.5 Å². The first kappa shape index (κ1) is 19.1.